The van der Waals surface area contributed by atoms with Crippen molar-refractivity contribution in [2.24, 2.45) is 7.05 Å². The molecule has 154 valence electrons. The van der Waals surface area contributed by atoms with E-state index >= 15 is 0 Å². The molecule has 0 spiro atoms. The molecule has 0 unspecified atom stereocenters. The zero-order chi connectivity index (χ0) is 21.0. The van der Waals surface area contributed by atoms with Crippen LogP contribution in [0.1, 0.15) is 37.7 Å². The first kappa shape index (κ1) is 21.1. The van der Waals surface area contributed by atoms with Gasteiger partial charge in [-0.3, -0.25) is 4.79 Å². The third-order valence-electron chi connectivity index (χ3n) is 5.62. The summed E-state index contributed by atoms with van der Waals surface area (Å²) in [6.45, 7) is 8.78. The predicted octanol–water partition coefficient (Wildman–Crippen LogP) is 4.43. The highest BCUT2D eigenvalue weighted by Gasteiger charge is 2.21. The van der Waals surface area contributed by atoms with Crippen LogP contribution in [0.25, 0.3) is 22.2 Å². The molecule has 1 aromatic heterocycles. The van der Waals surface area contributed by atoms with Gasteiger partial charge in [0.05, 0.1) is 6.20 Å². The third-order valence-corrected chi connectivity index (χ3v) is 5.62. The van der Waals surface area contributed by atoms with E-state index in [1.807, 2.05) is 34.7 Å². The van der Waals surface area contributed by atoms with Gasteiger partial charge >= 0.3 is 0 Å². The number of rotatable bonds is 8. The minimum absolute atomic E-state index is 0.0468. The summed E-state index contributed by atoms with van der Waals surface area (Å²) in [7, 11) is 4.03. The second-order valence-electron chi connectivity index (χ2n) is 7.92. The molecular weight excluding hydrogens is 360 g/mol. The number of hydrogen-bond donors (Lipinski definition) is 0. The average Bonchev–Trinajstić information content (AvgIpc) is 3.10. The van der Waals surface area contributed by atoms with Crippen LogP contribution in [0.2, 0.25) is 0 Å². The van der Waals surface area contributed by atoms with E-state index in [1.165, 1.54) is 5.39 Å². The summed E-state index contributed by atoms with van der Waals surface area (Å²) in [6.07, 6.45) is 2.65. The van der Waals surface area contributed by atoms with Gasteiger partial charge in [-0.1, -0.05) is 49.4 Å². The van der Waals surface area contributed by atoms with Crippen LogP contribution in [-0.4, -0.2) is 58.0 Å². The minimum atomic E-state index is 0.0468. The van der Waals surface area contributed by atoms with Crippen LogP contribution in [0.15, 0.2) is 48.7 Å². The average molecular weight is 393 g/mol. The van der Waals surface area contributed by atoms with Gasteiger partial charge in [0.1, 0.15) is 11.5 Å². The van der Waals surface area contributed by atoms with Crippen LogP contribution < -0.4 is 0 Å². The summed E-state index contributed by atoms with van der Waals surface area (Å²) in [5.74, 6) is 0.867. The van der Waals surface area contributed by atoms with Crippen molar-refractivity contribution in [1.82, 2.24) is 19.4 Å². The summed E-state index contributed by atoms with van der Waals surface area (Å²) in [6, 6.07) is 14.9. The number of nitrogens with zero attached hydrogens (tertiary/aromatic N) is 4. The topological polar surface area (TPSA) is 41.4 Å². The highest BCUT2D eigenvalue weighted by molar-refractivity contribution is 5.97. The highest BCUT2D eigenvalue weighted by Crippen LogP contribution is 2.28. The number of amides is 1. The first-order chi connectivity index (χ1) is 13.9. The number of likely N-dealkylation sites (N-methyl/N-ethyl adjacent to an activating group) is 1. The molecule has 0 aliphatic rings. The van der Waals surface area contributed by atoms with Crippen molar-refractivity contribution in [2.45, 2.75) is 33.2 Å². The van der Waals surface area contributed by atoms with Crippen molar-refractivity contribution in [3.63, 3.8) is 0 Å². The molecule has 3 aromatic rings. The molecular formula is C24H32N4O. The van der Waals surface area contributed by atoms with Crippen molar-refractivity contribution >= 4 is 16.7 Å². The van der Waals surface area contributed by atoms with Crippen molar-refractivity contribution in [3.05, 3.63) is 54.4 Å². The van der Waals surface area contributed by atoms with Crippen LogP contribution in [0, 0.1) is 0 Å². The van der Waals surface area contributed by atoms with Gasteiger partial charge in [-0.2, -0.15) is 0 Å². The van der Waals surface area contributed by atoms with Crippen LogP contribution in [0.4, 0.5) is 0 Å². The van der Waals surface area contributed by atoms with E-state index in [2.05, 4.69) is 62.0 Å². The van der Waals surface area contributed by atoms with Gasteiger partial charge in [-0.15, -0.1) is 0 Å². The van der Waals surface area contributed by atoms with Gasteiger partial charge in [-0.05, 0) is 38.1 Å². The van der Waals surface area contributed by atoms with E-state index in [0.29, 0.717) is 11.7 Å². The summed E-state index contributed by atoms with van der Waals surface area (Å²) >= 11 is 0. The van der Waals surface area contributed by atoms with Gasteiger partial charge < -0.3 is 14.4 Å². The van der Waals surface area contributed by atoms with Crippen LogP contribution in [0.3, 0.4) is 0 Å². The molecule has 1 heterocycles. The molecule has 0 bridgehead atoms. The predicted molar refractivity (Wildman–Crippen MR) is 120 cm³/mol. The lowest BCUT2D eigenvalue weighted by atomic mass is 10.0. The highest BCUT2D eigenvalue weighted by atomic mass is 16.2. The molecule has 0 fully saturated rings. The third kappa shape index (κ3) is 4.51. The fourth-order valence-corrected chi connectivity index (χ4v) is 3.56. The Hall–Kier alpha value is -2.66. The SMILES string of the molecule is CCCN(CCN(C)C(C)C)C(=O)c1cnc(-c2cccc3ccccc23)n1C. The van der Waals surface area contributed by atoms with E-state index in [9.17, 15) is 4.79 Å². The molecule has 0 aliphatic heterocycles. The second kappa shape index (κ2) is 9.23. The number of hydrogen-bond acceptors (Lipinski definition) is 3. The quantitative estimate of drug-likeness (QED) is 0.569. The number of carbonyl (C=O) groups is 1. The van der Waals surface area contributed by atoms with Gasteiger partial charge in [0, 0.05) is 38.3 Å². The summed E-state index contributed by atoms with van der Waals surface area (Å²) in [5.41, 5.74) is 1.68. The van der Waals surface area contributed by atoms with E-state index < -0.39 is 0 Å². The van der Waals surface area contributed by atoms with Crippen molar-refractivity contribution < 1.29 is 4.79 Å². The van der Waals surface area contributed by atoms with Crippen LogP contribution >= 0.6 is 0 Å². The zero-order valence-electron chi connectivity index (χ0n) is 18.2. The lowest BCUT2D eigenvalue weighted by molar-refractivity contribution is 0.0725. The molecule has 0 aliphatic carbocycles. The first-order valence-electron chi connectivity index (χ1n) is 10.4. The zero-order valence-corrected chi connectivity index (χ0v) is 18.2. The van der Waals surface area contributed by atoms with E-state index in [0.717, 1.165) is 42.8 Å². The molecule has 1 amide bonds. The Morgan fingerprint density at radius 3 is 2.52 bits per heavy atom. The number of benzene rings is 2. The summed E-state index contributed by atoms with van der Waals surface area (Å²) in [4.78, 5) is 22.1. The van der Waals surface area contributed by atoms with Gasteiger partial charge in [-0.25, -0.2) is 4.98 Å². The molecule has 0 saturated carbocycles. The van der Waals surface area contributed by atoms with E-state index in [4.69, 9.17) is 0 Å². The molecule has 2 aromatic carbocycles. The van der Waals surface area contributed by atoms with Crippen molar-refractivity contribution in [1.29, 1.82) is 0 Å². The fourth-order valence-electron chi connectivity index (χ4n) is 3.56. The maximum absolute atomic E-state index is 13.3. The summed E-state index contributed by atoms with van der Waals surface area (Å²) < 4.78 is 1.93. The summed E-state index contributed by atoms with van der Waals surface area (Å²) in [5, 5.41) is 2.32. The first-order valence-corrected chi connectivity index (χ1v) is 10.4. The Balaban J connectivity index is 1.89. The lowest BCUT2D eigenvalue weighted by Gasteiger charge is -2.27. The standard InChI is InChI=1S/C24H32N4O/c1-6-14-28(16-15-26(4)18(2)3)24(29)22-17-25-23(27(22)5)21-13-9-11-19-10-7-8-12-20(19)21/h7-13,17-18H,6,14-16H2,1-5H3. The van der Waals surface area contributed by atoms with Crippen LogP contribution in [0.5, 0.6) is 0 Å². The number of fused-ring (bicyclic) bond motifs is 1. The number of aromatic nitrogens is 2. The maximum atomic E-state index is 13.3. The molecule has 5 nitrogen and oxygen atoms in total. The Labute approximate surface area is 174 Å². The van der Waals surface area contributed by atoms with Crippen molar-refractivity contribution in [3.8, 4) is 11.4 Å². The maximum Gasteiger partial charge on any atom is 0.272 e. The van der Waals surface area contributed by atoms with Crippen molar-refractivity contribution in [2.75, 3.05) is 26.7 Å². The number of imidazole rings is 1. The van der Waals surface area contributed by atoms with E-state index in [-0.39, 0.29) is 5.91 Å². The lowest BCUT2D eigenvalue weighted by Crippen LogP contribution is -2.40. The van der Waals surface area contributed by atoms with Gasteiger partial charge in [0.25, 0.3) is 5.91 Å². The molecule has 29 heavy (non-hydrogen) atoms. The molecule has 0 N–H and O–H groups in total. The fraction of sp³-hybridized carbons (Fsp3) is 0.417. The minimum Gasteiger partial charge on any atom is -0.336 e. The molecule has 0 radical (unpaired) electrons. The molecule has 3 rings (SSSR count). The molecule has 0 atom stereocenters. The Bertz CT molecular complexity index is 971. The molecule has 0 saturated heterocycles. The monoisotopic (exact) mass is 392 g/mol. The second-order valence-corrected chi connectivity index (χ2v) is 7.92. The Morgan fingerprint density at radius 1 is 1.07 bits per heavy atom. The van der Waals surface area contributed by atoms with Gasteiger partial charge in [0.2, 0.25) is 0 Å². The number of carbonyl (C=O) groups excluding carboxylic acids is 1. The Kier molecular flexibility index (Phi) is 6.70. The smallest absolute Gasteiger partial charge is 0.272 e. The van der Waals surface area contributed by atoms with E-state index in [1.54, 1.807) is 6.20 Å². The normalized spacial score (nSPS) is 11.6. The molecule has 5 heteroatoms. The Morgan fingerprint density at radius 2 is 1.79 bits per heavy atom. The largest absolute Gasteiger partial charge is 0.336 e. The van der Waals surface area contributed by atoms with Crippen LogP contribution in [-0.2, 0) is 7.05 Å². The van der Waals surface area contributed by atoms with Gasteiger partial charge in [0.15, 0.2) is 0 Å².